The van der Waals surface area contributed by atoms with Crippen LogP contribution in [0.5, 0.6) is 0 Å². The normalized spacial score (nSPS) is 11.4. The van der Waals surface area contributed by atoms with E-state index in [-0.39, 0.29) is 0 Å². The monoisotopic (exact) mass is 248 g/mol. The van der Waals surface area contributed by atoms with Crippen LogP contribution in [0.4, 0.5) is 5.82 Å². The van der Waals surface area contributed by atoms with Gasteiger partial charge in [0, 0.05) is 31.3 Å². The number of nitrogens with two attached hydrogens (primary N) is 1. The Morgan fingerprint density at radius 3 is 2.61 bits per heavy atom. The Morgan fingerprint density at radius 2 is 2.11 bits per heavy atom. The van der Waals surface area contributed by atoms with Crippen molar-refractivity contribution >= 4 is 5.82 Å². The van der Waals surface area contributed by atoms with Gasteiger partial charge in [-0.05, 0) is 27.0 Å². The SMILES string of the molecule is Cc1nn(C)c(N)c1CN(C)Cc1ccoc1C. The van der Waals surface area contributed by atoms with Gasteiger partial charge in [0.25, 0.3) is 0 Å². The number of hydrogen-bond donors (Lipinski definition) is 1. The molecule has 0 unspecified atom stereocenters. The number of furan rings is 1. The first-order valence-electron chi connectivity index (χ1n) is 5.98. The molecular formula is C13H20N4O. The Balaban J connectivity index is 2.07. The fourth-order valence-electron chi connectivity index (χ4n) is 2.11. The van der Waals surface area contributed by atoms with Crippen LogP contribution in [0.3, 0.4) is 0 Å². The zero-order chi connectivity index (χ0) is 13.3. The van der Waals surface area contributed by atoms with Crippen molar-refractivity contribution in [3.05, 3.63) is 34.9 Å². The summed E-state index contributed by atoms with van der Waals surface area (Å²) >= 11 is 0. The minimum Gasteiger partial charge on any atom is -0.469 e. The third-order valence-electron chi connectivity index (χ3n) is 3.23. The van der Waals surface area contributed by atoms with Crippen LogP contribution in [-0.4, -0.2) is 21.7 Å². The second-order valence-electron chi connectivity index (χ2n) is 4.75. The predicted molar refractivity (Wildman–Crippen MR) is 71.0 cm³/mol. The molecule has 0 bridgehead atoms. The quantitative estimate of drug-likeness (QED) is 0.897. The average Bonchev–Trinajstić information content (AvgIpc) is 2.79. The molecule has 5 heteroatoms. The van der Waals surface area contributed by atoms with Gasteiger partial charge in [-0.25, -0.2) is 0 Å². The molecule has 0 atom stereocenters. The standard InChI is InChI=1S/C13H20N4O/c1-9-12(13(14)17(4)15-9)8-16(3)7-11-5-6-18-10(11)2/h5-6H,7-8,14H2,1-4H3. The van der Waals surface area contributed by atoms with Crippen molar-refractivity contribution in [3.8, 4) is 0 Å². The smallest absolute Gasteiger partial charge is 0.126 e. The highest BCUT2D eigenvalue weighted by Gasteiger charge is 2.13. The lowest BCUT2D eigenvalue weighted by Gasteiger charge is -2.16. The summed E-state index contributed by atoms with van der Waals surface area (Å²) in [6.45, 7) is 5.60. The molecule has 0 saturated heterocycles. The molecule has 0 aliphatic heterocycles. The van der Waals surface area contributed by atoms with Gasteiger partial charge in [-0.2, -0.15) is 5.10 Å². The molecular weight excluding hydrogens is 228 g/mol. The molecule has 18 heavy (non-hydrogen) atoms. The van der Waals surface area contributed by atoms with E-state index in [1.807, 2.05) is 27.0 Å². The van der Waals surface area contributed by atoms with E-state index in [2.05, 4.69) is 17.0 Å². The summed E-state index contributed by atoms with van der Waals surface area (Å²) in [6, 6.07) is 2.01. The molecule has 2 heterocycles. The molecule has 2 rings (SSSR count). The first kappa shape index (κ1) is 12.7. The van der Waals surface area contributed by atoms with E-state index in [0.717, 1.165) is 35.9 Å². The summed E-state index contributed by atoms with van der Waals surface area (Å²) < 4.78 is 7.02. The van der Waals surface area contributed by atoms with Crippen LogP contribution in [0.15, 0.2) is 16.7 Å². The third-order valence-corrected chi connectivity index (χ3v) is 3.23. The van der Waals surface area contributed by atoms with E-state index in [4.69, 9.17) is 10.2 Å². The van der Waals surface area contributed by atoms with Crippen LogP contribution in [-0.2, 0) is 20.1 Å². The molecule has 0 aromatic carbocycles. The van der Waals surface area contributed by atoms with Crippen LogP contribution in [0.25, 0.3) is 0 Å². The Morgan fingerprint density at radius 1 is 1.39 bits per heavy atom. The number of nitrogen functional groups attached to an aromatic ring is 1. The lowest BCUT2D eigenvalue weighted by molar-refractivity contribution is 0.316. The number of hydrogen-bond acceptors (Lipinski definition) is 4. The molecule has 2 N–H and O–H groups in total. The van der Waals surface area contributed by atoms with Crippen LogP contribution in [0.2, 0.25) is 0 Å². The van der Waals surface area contributed by atoms with Gasteiger partial charge in [-0.1, -0.05) is 0 Å². The van der Waals surface area contributed by atoms with Crippen molar-refractivity contribution < 1.29 is 4.42 Å². The maximum atomic E-state index is 6.01. The van der Waals surface area contributed by atoms with Crippen LogP contribution < -0.4 is 5.73 Å². The first-order valence-corrected chi connectivity index (χ1v) is 5.98. The van der Waals surface area contributed by atoms with Crippen LogP contribution in [0.1, 0.15) is 22.6 Å². The van der Waals surface area contributed by atoms with Gasteiger partial charge < -0.3 is 10.2 Å². The zero-order valence-electron chi connectivity index (χ0n) is 11.4. The average molecular weight is 248 g/mol. The van der Waals surface area contributed by atoms with Crippen molar-refractivity contribution in [1.82, 2.24) is 14.7 Å². The molecule has 0 aliphatic carbocycles. The number of rotatable bonds is 4. The Labute approximate surface area is 107 Å². The molecule has 0 amide bonds. The Hall–Kier alpha value is -1.75. The van der Waals surface area contributed by atoms with Crippen molar-refractivity contribution in [1.29, 1.82) is 0 Å². The number of aromatic nitrogens is 2. The molecule has 98 valence electrons. The van der Waals surface area contributed by atoms with Gasteiger partial charge in [0.1, 0.15) is 11.6 Å². The summed E-state index contributed by atoms with van der Waals surface area (Å²) in [7, 11) is 3.93. The fraction of sp³-hybridized carbons (Fsp3) is 0.462. The van der Waals surface area contributed by atoms with Crippen LogP contribution in [0, 0.1) is 13.8 Å². The molecule has 2 aromatic rings. The minimum absolute atomic E-state index is 0.739. The zero-order valence-corrected chi connectivity index (χ0v) is 11.4. The van der Waals surface area contributed by atoms with Gasteiger partial charge in [0.15, 0.2) is 0 Å². The predicted octanol–water partition coefficient (Wildman–Crippen LogP) is 1.84. The van der Waals surface area contributed by atoms with E-state index in [9.17, 15) is 0 Å². The van der Waals surface area contributed by atoms with E-state index >= 15 is 0 Å². The molecule has 0 radical (unpaired) electrons. The van der Waals surface area contributed by atoms with Gasteiger partial charge in [-0.3, -0.25) is 9.58 Å². The van der Waals surface area contributed by atoms with E-state index < -0.39 is 0 Å². The summed E-state index contributed by atoms with van der Waals surface area (Å²) in [5.41, 5.74) is 9.31. The fourth-order valence-corrected chi connectivity index (χ4v) is 2.11. The molecule has 0 aliphatic rings. The summed E-state index contributed by atoms with van der Waals surface area (Å²) in [5.74, 6) is 1.71. The summed E-state index contributed by atoms with van der Waals surface area (Å²) in [6.07, 6.45) is 1.72. The largest absolute Gasteiger partial charge is 0.469 e. The van der Waals surface area contributed by atoms with E-state index in [1.165, 1.54) is 5.56 Å². The van der Waals surface area contributed by atoms with Crippen molar-refractivity contribution in [2.24, 2.45) is 7.05 Å². The second kappa shape index (κ2) is 4.86. The van der Waals surface area contributed by atoms with Crippen molar-refractivity contribution in [2.75, 3.05) is 12.8 Å². The maximum Gasteiger partial charge on any atom is 0.126 e. The Kier molecular flexibility index (Phi) is 3.43. The highest BCUT2D eigenvalue weighted by molar-refractivity contribution is 5.42. The highest BCUT2D eigenvalue weighted by Crippen LogP contribution is 2.19. The third kappa shape index (κ3) is 2.41. The molecule has 5 nitrogen and oxygen atoms in total. The number of anilines is 1. The van der Waals surface area contributed by atoms with E-state index in [1.54, 1.807) is 10.9 Å². The minimum atomic E-state index is 0.739. The van der Waals surface area contributed by atoms with Crippen molar-refractivity contribution in [3.63, 3.8) is 0 Å². The Bertz CT molecular complexity index is 541. The van der Waals surface area contributed by atoms with Gasteiger partial charge in [0.05, 0.1) is 12.0 Å². The molecule has 0 saturated carbocycles. The lowest BCUT2D eigenvalue weighted by atomic mass is 10.2. The first-order chi connectivity index (χ1) is 8.49. The number of aryl methyl sites for hydroxylation is 3. The molecule has 0 spiro atoms. The van der Waals surface area contributed by atoms with Crippen LogP contribution >= 0.6 is 0 Å². The summed E-state index contributed by atoms with van der Waals surface area (Å²) in [4.78, 5) is 2.21. The second-order valence-corrected chi connectivity index (χ2v) is 4.75. The van der Waals surface area contributed by atoms with E-state index in [0.29, 0.717) is 0 Å². The molecule has 2 aromatic heterocycles. The van der Waals surface area contributed by atoms with Gasteiger partial charge >= 0.3 is 0 Å². The highest BCUT2D eigenvalue weighted by atomic mass is 16.3. The maximum absolute atomic E-state index is 6.01. The lowest BCUT2D eigenvalue weighted by Crippen LogP contribution is -2.18. The van der Waals surface area contributed by atoms with Gasteiger partial charge in [-0.15, -0.1) is 0 Å². The summed E-state index contributed by atoms with van der Waals surface area (Å²) in [5, 5.41) is 4.32. The van der Waals surface area contributed by atoms with Crippen molar-refractivity contribution in [2.45, 2.75) is 26.9 Å². The topological polar surface area (TPSA) is 60.2 Å². The number of nitrogens with zero attached hydrogens (tertiary/aromatic N) is 3. The van der Waals surface area contributed by atoms with Gasteiger partial charge in [0.2, 0.25) is 0 Å². The molecule has 0 fully saturated rings.